The Hall–Kier alpha value is -2.01. The minimum Gasteiger partial charge on any atom is -0.493 e. The topological polar surface area (TPSA) is 39.5 Å². The molecular formula is C18H25N3O2. The van der Waals surface area contributed by atoms with E-state index in [4.69, 9.17) is 9.47 Å². The molecule has 1 aliphatic rings. The van der Waals surface area contributed by atoms with Gasteiger partial charge in [0.2, 0.25) is 0 Å². The van der Waals surface area contributed by atoms with Crippen LogP contribution in [0.3, 0.4) is 0 Å². The van der Waals surface area contributed by atoms with Crippen molar-refractivity contribution in [3.05, 3.63) is 30.6 Å². The fraction of sp³-hybridized carbons (Fsp3) is 0.500. The molecule has 0 N–H and O–H groups in total. The minimum atomic E-state index is 0.481. The molecule has 1 fully saturated rings. The number of imidazole rings is 1. The first-order valence-corrected chi connectivity index (χ1v) is 8.24. The van der Waals surface area contributed by atoms with Crippen molar-refractivity contribution in [1.29, 1.82) is 0 Å². The molecule has 0 aliphatic carbocycles. The number of likely N-dealkylation sites (N-methyl/N-ethyl adjacent to an activating group) is 1. The Morgan fingerprint density at radius 1 is 1.22 bits per heavy atom. The van der Waals surface area contributed by atoms with E-state index in [0.29, 0.717) is 6.04 Å². The third kappa shape index (κ3) is 3.20. The number of hydrogen-bond donors (Lipinski definition) is 0. The lowest BCUT2D eigenvalue weighted by molar-refractivity contribution is 0.186. The molecular weight excluding hydrogens is 290 g/mol. The van der Waals surface area contributed by atoms with Gasteiger partial charge in [-0.15, -0.1) is 0 Å². The van der Waals surface area contributed by atoms with E-state index in [1.165, 1.54) is 19.4 Å². The van der Waals surface area contributed by atoms with E-state index in [2.05, 4.69) is 27.6 Å². The number of ether oxygens (including phenoxy) is 2. The van der Waals surface area contributed by atoms with Gasteiger partial charge in [0, 0.05) is 30.5 Å². The van der Waals surface area contributed by atoms with Crippen molar-refractivity contribution in [3.8, 4) is 22.9 Å². The van der Waals surface area contributed by atoms with Crippen molar-refractivity contribution >= 4 is 0 Å². The quantitative estimate of drug-likeness (QED) is 0.849. The predicted molar refractivity (Wildman–Crippen MR) is 91.2 cm³/mol. The van der Waals surface area contributed by atoms with Gasteiger partial charge in [0.05, 0.1) is 14.2 Å². The summed E-state index contributed by atoms with van der Waals surface area (Å²) < 4.78 is 13.1. The first kappa shape index (κ1) is 15.9. The number of benzene rings is 1. The molecule has 1 aromatic carbocycles. The highest BCUT2D eigenvalue weighted by atomic mass is 16.5. The van der Waals surface area contributed by atoms with Crippen molar-refractivity contribution in [2.24, 2.45) is 0 Å². The fourth-order valence-electron chi connectivity index (χ4n) is 3.35. The van der Waals surface area contributed by atoms with Gasteiger partial charge in [0.25, 0.3) is 0 Å². The van der Waals surface area contributed by atoms with Crippen LogP contribution in [0, 0.1) is 0 Å². The average Bonchev–Trinajstić information content (AvgIpc) is 3.10. The maximum absolute atomic E-state index is 5.42. The van der Waals surface area contributed by atoms with Crippen LogP contribution in [0.2, 0.25) is 0 Å². The second kappa shape index (κ2) is 7.04. The molecule has 2 aromatic rings. The van der Waals surface area contributed by atoms with Crippen molar-refractivity contribution in [2.45, 2.75) is 25.8 Å². The molecule has 3 rings (SSSR count). The van der Waals surface area contributed by atoms with E-state index in [9.17, 15) is 0 Å². The van der Waals surface area contributed by atoms with Crippen LogP contribution >= 0.6 is 0 Å². The molecule has 1 saturated heterocycles. The van der Waals surface area contributed by atoms with Crippen LogP contribution in [-0.2, 0) is 0 Å². The fourth-order valence-corrected chi connectivity index (χ4v) is 3.35. The number of nitrogens with zero attached hydrogens (tertiary/aromatic N) is 3. The zero-order valence-electron chi connectivity index (χ0n) is 14.2. The minimum absolute atomic E-state index is 0.481. The molecule has 0 radical (unpaired) electrons. The number of methoxy groups -OCH3 is 2. The van der Waals surface area contributed by atoms with Gasteiger partial charge < -0.3 is 18.9 Å². The van der Waals surface area contributed by atoms with Crippen molar-refractivity contribution < 1.29 is 9.47 Å². The van der Waals surface area contributed by atoms with Crippen LogP contribution in [-0.4, -0.2) is 48.3 Å². The van der Waals surface area contributed by atoms with Gasteiger partial charge >= 0.3 is 0 Å². The maximum atomic E-state index is 5.42. The van der Waals surface area contributed by atoms with Crippen LogP contribution < -0.4 is 9.47 Å². The molecule has 2 heterocycles. The Morgan fingerprint density at radius 2 is 2.04 bits per heavy atom. The van der Waals surface area contributed by atoms with Crippen molar-refractivity contribution in [1.82, 2.24) is 14.5 Å². The SMILES string of the molecule is CCN1CCCC(n2ccnc2-c2ccc(OC)c(OC)c2)C1. The summed E-state index contributed by atoms with van der Waals surface area (Å²) in [5.74, 6) is 2.47. The van der Waals surface area contributed by atoms with E-state index in [1.54, 1.807) is 14.2 Å². The Balaban J connectivity index is 1.91. The summed E-state index contributed by atoms with van der Waals surface area (Å²) >= 11 is 0. The zero-order chi connectivity index (χ0) is 16.2. The Morgan fingerprint density at radius 3 is 2.78 bits per heavy atom. The van der Waals surface area contributed by atoms with Gasteiger partial charge in [-0.3, -0.25) is 0 Å². The zero-order valence-corrected chi connectivity index (χ0v) is 14.2. The van der Waals surface area contributed by atoms with Crippen molar-refractivity contribution in [3.63, 3.8) is 0 Å². The van der Waals surface area contributed by atoms with Gasteiger partial charge in [-0.25, -0.2) is 4.98 Å². The summed E-state index contributed by atoms with van der Waals surface area (Å²) in [4.78, 5) is 7.10. The maximum Gasteiger partial charge on any atom is 0.161 e. The smallest absolute Gasteiger partial charge is 0.161 e. The van der Waals surface area contributed by atoms with Gasteiger partial charge in [-0.05, 0) is 44.1 Å². The van der Waals surface area contributed by atoms with Crippen LogP contribution in [0.15, 0.2) is 30.6 Å². The highest BCUT2D eigenvalue weighted by Crippen LogP contribution is 2.33. The molecule has 0 bridgehead atoms. The summed E-state index contributed by atoms with van der Waals surface area (Å²) in [6.45, 7) is 5.63. The first-order chi connectivity index (χ1) is 11.3. The lowest BCUT2D eigenvalue weighted by atomic mass is 10.0. The molecule has 124 valence electrons. The lowest BCUT2D eigenvalue weighted by Gasteiger charge is -2.33. The summed E-state index contributed by atoms with van der Waals surface area (Å²) in [5.41, 5.74) is 1.06. The molecule has 1 unspecified atom stereocenters. The molecule has 0 saturated carbocycles. The molecule has 0 amide bonds. The predicted octanol–water partition coefficient (Wildman–Crippen LogP) is 3.22. The number of likely N-dealkylation sites (tertiary alicyclic amines) is 1. The Kier molecular flexibility index (Phi) is 4.86. The largest absolute Gasteiger partial charge is 0.493 e. The van der Waals surface area contributed by atoms with Crippen molar-refractivity contribution in [2.75, 3.05) is 33.9 Å². The summed E-state index contributed by atoms with van der Waals surface area (Å²) in [6.07, 6.45) is 6.42. The van der Waals surface area contributed by atoms with E-state index in [-0.39, 0.29) is 0 Å². The van der Waals surface area contributed by atoms with E-state index >= 15 is 0 Å². The van der Waals surface area contributed by atoms with Crippen LogP contribution in [0.5, 0.6) is 11.5 Å². The van der Waals surface area contributed by atoms with Gasteiger partial charge in [-0.1, -0.05) is 6.92 Å². The molecule has 0 spiro atoms. The van der Waals surface area contributed by atoms with E-state index in [0.717, 1.165) is 36.0 Å². The molecule has 1 aromatic heterocycles. The van der Waals surface area contributed by atoms with Crippen LogP contribution in [0.4, 0.5) is 0 Å². The number of hydrogen-bond acceptors (Lipinski definition) is 4. The Labute approximate surface area is 137 Å². The third-order valence-electron chi connectivity index (χ3n) is 4.63. The Bertz CT molecular complexity index is 653. The molecule has 5 heteroatoms. The monoisotopic (exact) mass is 315 g/mol. The van der Waals surface area contributed by atoms with Gasteiger partial charge in [0.1, 0.15) is 5.82 Å². The number of rotatable bonds is 5. The van der Waals surface area contributed by atoms with Crippen LogP contribution in [0.25, 0.3) is 11.4 Å². The average molecular weight is 315 g/mol. The van der Waals surface area contributed by atoms with E-state index < -0.39 is 0 Å². The van der Waals surface area contributed by atoms with E-state index in [1.807, 2.05) is 24.4 Å². The molecule has 1 aliphatic heterocycles. The number of aromatic nitrogens is 2. The standard InChI is InChI=1S/C18H25N3O2/c1-4-20-10-5-6-15(13-20)21-11-9-19-18(21)14-7-8-16(22-2)17(12-14)23-3/h7-9,11-12,15H,4-6,10,13H2,1-3H3. The number of piperidine rings is 1. The lowest BCUT2D eigenvalue weighted by Crippen LogP contribution is -2.36. The highest BCUT2D eigenvalue weighted by molar-refractivity contribution is 5.61. The van der Waals surface area contributed by atoms with Gasteiger partial charge in [0.15, 0.2) is 11.5 Å². The van der Waals surface area contributed by atoms with Crippen LogP contribution in [0.1, 0.15) is 25.8 Å². The molecule has 23 heavy (non-hydrogen) atoms. The summed E-state index contributed by atoms with van der Waals surface area (Å²) in [7, 11) is 3.31. The highest BCUT2D eigenvalue weighted by Gasteiger charge is 2.22. The second-order valence-corrected chi connectivity index (χ2v) is 5.92. The van der Waals surface area contributed by atoms with Gasteiger partial charge in [-0.2, -0.15) is 0 Å². The normalized spacial score (nSPS) is 18.8. The third-order valence-corrected chi connectivity index (χ3v) is 4.63. The molecule has 1 atom stereocenters. The molecule has 5 nitrogen and oxygen atoms in total. The summed E-state index contributed by atoms with van der Waals surface area (Å²) in [5, 5.41) is 0. The second-order valence-electron chi connectivity index (χ2n) is 5.92. The first-order valence-electron chi connectivity index (χ1n) is 8.24. The summed E-state index contributed by atoms with van der Waals surface area (Å²) in [6, 6.07) is 6.46.